The lowest BCUT2D eigenvalue weighted by atomic mass is 10.3. The number of hydrogen-bond donors (Lipinski definition) is 1. The zero-order valence-corrected chi connectivity index (χ0v) is 9.79. The molecule has 1 N–H and O–H groups in total. The molecule has 0 bridgehead atoms. The van der Waals surface area contributed by atoms with Crippen molar-refractivity contribution in [1.82, 2.24) is 10.2 Å². The number of amides is 1. The molecule has 88 valence electrons. The summed E-state index contributed by atoms with van der Waals surface area (Å²) in [6, 6.07) is 0. The SMILES string of the molecule is CCC(C)OCC(=O)N1CCCNCC1. The molecule has 1 saturated heterocycles. The van der Waals surface area contributed by atoms with Crippen LogP contribution in [0, 0.1) is 0 Å². The van der Waals surface area contributed by atoms with Crippen molar-refractivity contribution in [1.29, 1.82) is 0 Å². The Hall–Kier alpha value is -0.610. The van der Waals surface area contributed by atoms with Gasteiger partial charge in [-0.1, -0.05) is 6.92 Å². The van der Waals surface area contributed by atoms with Crippen molar-refractivity contribution >= 4 is 5.91 Å². The topological polar surface area (TPSA) is 41.6 Å². The van der Waals surface area contributed by atoms with Crippen LogP contribution in [0.5, 0.6) is 0 Å². The molecule has 4 heteroatoms. The number of nitrogens with zero attached hydrogens (tertiary/aromatic N) is 1. The predicted octanol–water partition coefficient (Wildman–Crippen LogP) is 0.623. The largest absolute Gasteiger partial charge is 0.369 e. The van der Waals surface area contributed by atoms with Crippen molar-refractivity contribution in [3.63, 3.8) is 0 Å². The fourth-order valence-electron chi connectivity index (χ4n) is 1.52. The van der Waals surface area contributed by atoms with Crippen LogP contribution in [0.1, 0.15) is 26.7 Å². The molecule has 1 heterocycles. The van der Waals surface area contributed by atoms with Crippen LogP contribution >= 0.6 is 0 Å². The molecular formula is C11H22N2O2. The Labute approximate surface area is 92.0 Å². The standard InChI is InChI=1S/C11H22N2O2/c1-3-10(2)15-9-11(14)13-7-4-5-12-6-8-13/h10,12H,3-9H2,1-2H3. The maximum Gasteiger partial charge on any atom is 0.248 e. The van der Waals surface area contributed by atoms with E-state index in [0.29, 0.717) is 0 Å². The maximum atomic E-state index is 11.7. The van der Waals surface area contributed by atoms with Crippen molar-refractivity contribution < 1.29 is 9.53 Å². The molecular weight excluding hydrogens is 192 g/mol. The lowest BCUT2D eigenvalue weighted by Gasteiger charge is -2.20. The third-order valence-corrected chi connectivity index (χ3v) is 2.76. The molecule has 1 rings (SSSR count). The first-order valence-corrected chi connectivity index (χ1v) is 5.84. The van der Waals surface area contributed by atoms with Crippen LogP contribution in [-0.4, -0.2) is 49.7 Å². The van der Waals surface area contributed by atoms with Crippen LogP contribution in [0.4, 0.5) is 0 Å². The Bertz CT molecular complexity index is 189. The van der Waals surface area contributed by atoms with Crippen molar-refractivity contribution in [3.8, 4) is 0 Å². The molecule has 0 aromatic heterocycles. The van der Waals surface area contributed by atoms with Gasteiger partial charge in [-0.2, -0.15) is 0 Å². The van der Waals surface area contributed by atoms with Crippen LogP contribution in [0.15, 0.2) is 0 Å². The molecule has 4 nitrogen and oxygen atoms in total. The van der Waals surface area contributed by atoms with E-state index in [1.54, 1.807) is 0 Å². The van der Waals surface area contributed by atoms with Crippen molar-refractivity contribution in [3.05, 3.63) is 0 Å². The summed E-state index contributed by atoms with van der Waals surface area (Å²) in [4.78, 5) is 13.6. The number of nitrogens with one attached hydrogen (secondary N) is 1. The summed E-state index contributed by atoms with van der Waals surface area (Å²) in [7, 11) is 0. The minimum absolute atomic E-state index is 0.124. The number of ether oxygens (including phenoxy) is 1. The monoisotopic (exact) mass is 214 g/mol. The lowest BCUT2D eigenvalue weighted by Crippen LogP contribution is -2.37. The summed E-state index contributed by atoms with van der Waals surface area (Å²) in [5.41, 5.74) is 0. The minimum Gasteiger partial charge on any atom is -0.369 e. The van der Waals surface area contributed by atoms with E-state index in [1.165, 1.54) is 0 Å². The van der Waals surface area contributed by atoms with Gasteiger partial charge in [0.15, 0.2) is 0 Å². The van der Waals surface area contributed by atoms with Gasteiger partial charge in [0.2, 0.25) is 5.91 Å². The van der Waals surface area contributed by atoms with Gasteiger partial charge in [-0.15, -0.1) is 0 Å². The highest BCUT2D eigenvalue weighted by atomic mass is 16.5. The zero-order valence-electron chi connectivity index (χ0n) is 9.79. The average molecular weight is 214 g/mol. The number of carbonyl (C=O) groups is 1. The highest BCUT2D eigenvalue weighted by molar-refractivity contribution is 5.77. The summed E-state index contributed by atoms with van der Waals surface area (Å²) >= 11 is 0. The molecule has 1 aliphatic rings. The van der Waals surface area contributed by atoms with E-state index in [4.69, 9.17) is 4.74 Å². The zero-order chi connectivity index (χ0) is 11.1. The quantitative estimate of drug-likeness (QED) is 0.746. The third-order valence-electron chi connectivity index (χ3n) is 2.76. The lowest BCUT2D eigenvalue weighted by molar-refractivity contribution is -0.137. The first-order valence-electron chi connectivity index (χ1n) is 5.84. The smallest absolute Gasteiger partial charge is 0.248 e. The van der Waals surface area contributed by atoms with E-state index in [9.17, 15) is 4.79 Å². The van der Waals surface area contributed by atoms with Crippen LogP contribution < -0.4 is 5.32 Å². The first kappa shape index (κ1) is 12.5. The highest BCUT2D eigenvalue weighted by Crippen LogP contribution is 2.00. The van der Waals surface area contributed by atoms with Gasteiger partial charge in [0, 0.05) is 19.6 Å². The molecule has 0 spiro atoms. The summed E-state index contributed by atoms with van der Waals surface area (Å²) in [5, 5.41) is 3.27. The summed E-state index contributed by atoms with van der Waals surface area (Å²) in [5.74, 6) is 0.124. The Kier molecular flexibility index (Phi) is 5.65. The Morgan fingerprint density at radius 2 is 2.27 bits per heavy atom. The van der Waals surface area contributed by atoms with Gasteiger partial charge in [-0.3, -0.25) is 4.79 Å². The fourth-order valence-corrected chi connectivity index (χ4v) is 1.52. The Balaban J connectivity index is 2.25. The fraction of sp³-hybridized carbons (Fsp3) is 0.909. The van der Waals surface area contributed by atoms with E-state index >= 15 is 0 Å². The van der Waals surface area contributed by atoms with Crippen LogP contribution in [0.2, 0.25) is 0 Å². The second kappa shape index (κ2) is 6.80. The van der Waals surface area contributed by atoms with Gasteiger partial charge in [-0.25, -0.2) is 0 Å². The van der Waals surface area contributed by atoms with E-state index < -0.39 is 0 Å². The molecule has 15 heavy (non-hydrogen) atoms. The maximum absolute atomic E-state index is 11.7. The second-order valence-corrected chi connectivity index (χ2v) is 4.01. The first-order chi connectivity index (χ1) is 7.24. The molecule has 0 aromatic rings. The molecule has 1 aliphatic heterocycles. The average Bonchev–Trinajstić information content (AvgIpc) is 2.53. The molecule has 1 amide bonds. The summed E-state index contributed by atoms with van der Waals surface area (Å²) in [6.45, 7) is 7.86. The van der Waals surface area contributed by atoms with Gasteiger partial charge in [0.25, 0.3) is 0 Å². The van der Waals surface area contributed by atoms with Crippen molar-refractivity contribution in [2.75, 3.05) is 32.8 Å². The van der Waals surface area contributed by atoms with Crippen LogP contribution in [-0.2, 0) is 9.53 Å². The number of hydrogen-bond acceptors (Lipinski definition) is 3. The van der Waals surface area contributed by atoms with Crippen LogP contribution in [0.3, 0.4) is 0 Å². The van der Waals surface area contributed by atoms with E-state index in [1.807, 2.05) is 11.8 Å². The van der Waals surface area contributed by atoms with E-state index in [2.05, 4.69) is 12.2 Å². The van der Waals surface area contributed by atoms with Crippen molar-refractivity contribution in [2.24, 2.45) is 0 Å². The summed E-state index contributed by atoms with van der Waals surface area (Å²) in [6.07, 6.45) is 2.17. The van der Waals surface area contributed by atoms with Gasteiger partial charge in [-0.05, 0) is 26.3 Å². The molecule has 0 aromatic carbocycles. The molecule has 0 radical (unpaired) electrons. The molecule has 0 aliphatic carbocycles. The molecule has 1 atom stereocenters. The second-order valence-electron chi connectivity index (χ2n) is 4.01. The minimum atomic E-state index is 0.124. The highest BCUT2D eigenvalue weighted by Gasteiger charge is 2.15. The normalized spacial score (nSPS) is 19.7. The number of rotatable bonds is 4. The Morgan fingerprint density at radius 1 is 1.47 bits per heavy atom. The Morgan fingerprint density at radius 3 is 3.00 bits per heavy atom. The predicted molar refractivity (Wildman–Crippen MR) is 59.8 cm³/mol. The van der Waals surface area contributed by atoms with Gasteiger partial charge in [0.05, 0.1) is 6.10 Å². The van der Waals surface area contributed by atoms with Gasteiger partial charge in [0.1, 0.15) is 6.61 Å². The summed E-state index contributed by atoms with van der Waals surface area (Å²) < 4.78 is 5.44. The van der Waals surface area contributed by atoms with Gasteiger partial charge >= 0.3 is 0 Å². The third kappa shape index (κ3) is 4.62. The van der Waals surface area contributed by atoms with Crippen molar-refractivity contribution in [2.45, 2.75) is 32.8 Å². The molecule has 1 unspecified atom stereocenters. The van der Waals surface area contributed by atoms with Gasteiger partial charge < -0.3 is 15.0 Å². The molecule has 1 fully saturated rings. The van der Waals surface area contributed by atoms with Crippen LogP contribution in [0.25, 0.3) is 0 Å². The molecule has 0 saturated carbocycles. The van der Waals surface area contributed by atoms with E-state index in [0.717, 1.165) is 39.0 Å². The number of carbonyl (C=O) groups excluding carboxylic acids is 1. The van der Waals surface area contributed by atoms with E-state index in [-0.39, 0.29) is 18.6 Å².